The first-order valence-corrected chi connectivity index (χ1v) is 10.2. The number of ether oxygens (including phenoxy) is 1. The number of nitrogens with one attached hydrogen (secondary N) is 1. The highest BCUT2D eigenvalue weighted by Crippen LogP contribution is 2.24. The van der Waals surface area contributed by atoms with Gasteiger partial charge in [0.25, 0.3) is 11.9 Å². The van der Waals surface area contributed by atoms with E-state index in [-0.39, 0.29) is 11.7 Å². The minimum atomic E-state index is -0.285. The minimum Gasteiger partial charge on any atom is -0.460 e. The summed E-state index contributed by atoms with van der Waals surface area (Å²) >= 11 is 8.63. The van der Waals surface area contributed by atoms with Gasteiger partial charge in [-0.2, -0.15) is 5.10 Å². The molecule has 3 aromatic rings. The summed E-state index contributed by atoms with van der Waals surface area (Å²) in [6, 6.07) is 9.02. The molecule has 0 unspecified atom stereocenters. The van der Waals surface area contributed by atoms with Crippen LogP contribution in [0.3, 0.4) is 0 Å². The van der Waals surface area contributed by atoms with Crippen molar-refractivity contribution in [3.05, 3.63) is 52.2 Å². The van der Waals surface area contributed by atoms with Gasteiger partial charge in [-0.1, -0.05) is 46.8 Å². The van der Waals surface area contributed by atoms with E-state index in [1.807, 2.05) is 25.1 Å². The van der Waals surface area contributed by atoms with Crippen molar-refractivity contribution in [2.75, 3.05) is 11.5 Å². The number of halogens is 1. The maximum Gasteiger partial charge on any atom is 0.285 e. The Morgan fingerprint density at radius 3 is 3.04 bits per heavy atom. The number of benzene rings is 1. The standard InChI is InChI=1S/C17H16ClN5O3S2/c1-10-3-2-4-13(18)12(10)8-25-15-6-5-11(26-15)7-20-21-14(24)9-27-17-23-22-16(19)28-17/h2-7H,8-9H2,1H3,(H2,19,22)(H,21,24)/b20-7-. The molecular weight excluding hydrogens is 422 g/mol. The Bertz CT molecular complexity index is 969. The Kier molecular flexibility index (Phi) is 6.90. The molecule has 3 N–H and O–H groups in total. The maximum atomic E-state index is 11.8. The average molecular weight is 438 g/mol. The van der Waals surface area contributed by atoms with E-state index in [0.717, 1.165) is 11.1 Å². The summed E-state index contributed by atoms with van der Waals surface area (Å²) in [5.41, 5.74) is 9.83. The molecule has 0 radical (unpaired) electrons. The van der Waals surface area contributed by atoms with E-state index in [9.17, 15) is 4.79 Å². The number of rotatable bonds is 8. The van der Waals surface area contributed by atoms with Crippen molar-refractivity contribution in [3.8, 4) is 5.95 Å². The van der Waals surface area contributed by atoms with E-state index in [4.69, 9.17) is 26.5 Å². The van der Waals surface area contributed by atoms with Gasteiger partial charge in [0.05, 0.1) is 12.0 Å². The number of hydrogen-bond donors (Lipinski definition) is 2. The smallest absolute Gasteiger partial charge is 0.285 e. The number of amides is 1. The number of furan rings is 1. The summed E-state index contributed by atoms with van der Waals surface area (Å²) in [5, 5.41) is 12.4. The molecule has 0 bridgehead atoms. The molecule has 3 rings (SSSR count). The third-order valence-electron chi connectivity index (χ3n) is 3.44. The van der Waals surface area contributed by atoms with Gasteiger partial charge in [0.2, 0.25) is 5.13 Å². The Morgan fingerprint density at radius 1 is 1.43 bits per heavy atom. The number of aromatic nitrogens is 2. The second-order valence-electron chi connectivity index (χ2n) is 5.47. The zero-order chi connectivity index (χ0) is 19.9. The zero-order valence-electron chi connectivity index (χ0n) is 14.7. The highest BCUT2D eigenvalue weighted by Gasteiger charge is 2.08. The Labute approximate surface area is 174 Å². The van der Waals surface area contributed by atoms with Crippen molar-refractivity contribution in [1.82, 2.24) is 15.6 Å². The summed E-state index contributed by atoms with van der Waals surface area (Å²) in [6.45, 7) is 2.26. The molecule has 0 spiro atoms. The molecular formula is C17H16ClN5O3S2. The van der Waals surface area contributed by atoms with E-state index >= 15 is 0 Å². The highest BCUT2D eigenvalue weighted by molar-refractivity contribution is 8.01. The first-order chi connectivity index (χ1) is 13.5. The van der Waals surface area contributed by atoms with Crippen LogP contribution in [0.25, 0.3) is 0 Å². The number of hydrogen-bond acceptors (Lipinski definition) is 9. The van der Waals surface area contributed by atoms with E-state index in [2.05, 4.69) is 20.7 Å². The van der Waals surface area contributed by atoms with Gasteiger partial charge < -0.3 is 14.9 Å². The largest absolute Gasteiger partial charge is 0.460 e. The normalized spacial score (nSPS) is 11.1. The van der Waals surface area contributed by atoms with Crippen LogP contribution in [-0.2, 0) is 11.4 Å². The minimum absolute atomic E-state index is 0.148. The van der Waals surface area contributed by atoms with Crippen molar-refractivity contribution < 1.29 is 13.9 Å². The van der Waals surface area contributed by atoms with Crippen molar-refractivity contribution in [3.63, 3.8) is 0 Å². The summed E-state index contributed by atoms with van der Waals surface area (Å²) in [5.74, 6) is 0.634. The van der Waals surface area contributed by atoms with Gasteiger partial charge in [-0.25, -0.2) is 5.43 Å². The van der Waals surface area contributed by atoms with Gasteiger partial charge in [0, 0.05) is 16.7 Å². The number of nitrogens with zero attached hydrogens (tertiary/aromatic N) is 3. The molecule has 0 saturated heterocycles. The molecule has 8 nitrogen and oxygen atoms in total. The Balaban J connectivity index is 1.45. The number of hydrazone groups is 1. The fourth-order valence-corrected chi connectivity index (χ4v) is 3.78. The molecule has 28 heavy (non-hydrogen) atoms. The zero-order valence-corrected chi connectivity index (χ0v) is 17.1. The fourth-order valence-electron chi connectivity index (χ4n) is 2.08. The lowest BCUT2D eigenvalue weighted by Gasteiger charge is -2.08. The van der Waals surface area contributed by atoms with Crippen molar-refractivity contribution in [1.29, 1.82) is 0 Å². The van der Waals surface area contributed by atoms with E-state index < -0.39 is 0 Å². The second-order valence-corrected chi connectivity index (χ2v) is 8.11. The predicted octanol–water partition coefficient (Wildman–Crippen LogP) is 3.50. The van der Waals surface area contributed by atoms with Crippen molar-refractivity contribution in [2.45, 2.75) is 17.9 Å². The van der Waals surface area contributed by atoms with Crippen LogP contribution >= 0.6 is 34.7 Å². The first-order valence-electron chi connectivity index (χ1n) is 8.01. The molecule has 11 heteroatoms. The van der Waals surface area contributed by atoms with E-state index in [0.29, 0.717) is 32.8 Å². The topological polar surface area (TPSA) is 116 Å². The lowest BCUT2D eigenvalue weighted by atomic mass is 10.1. The van der Waals surface area contributed by atoms with E-state index in [1.54, 1.807) is 12.1 Å². The van der Waals surface area contributed by atoms with Crippen LogP contribution in [0.5, 0.6) is 5.95 Å². The van der Waals surface area contributed by atoms with Crippen LogP contribution in [-0.4, -0.2) is 28.1 Å². The highest BCUT2D eigenvalue weighted by atomic mass is 35.5. The Hall–Kier alpha value is -2.56. The quantitative estimate of drug-likeness (QED) is 0.314. The molecule has 0 atom stereocenters. The summed E-state index contributed by atoms with van der Waals surface area (Å²) in [6.07, 6.45) is 1.39. The SMILES string of the molecule is Cc1cccc(Cl)c1COc1ccc(/C=N\NC(=O)CSc2nnc(N)s2)o1. The van der Waals surface area contributed by atoms with Crippen LogP contribution in [0.15, 0.2) is 44.2 Å². The molecule has 0 fully saturated rings. The number of anilines is 1. The van der Waals surface area contributed by atoms with Crippen LogP contribution in [0, 0.1) is 6.92 Å². The number of nitrogens with two attached hydrogens (primary N) is 1. The van der Waals surface area contributed by atoms with Gasteiger partial charge >= 0.3 is 0 Å². The van der Waals surface area contributed by atoms with Gasteiger partial charge in [-0.3, -0.25) is 4.79 Å². The van der Waals surface area contributed by atoms with Crippen molar-refractivity contribution in [2.24, 2.45) is 5.10 Å². The number of nitrogen functional groups attached to an aromatic ring is 1. The van der Waals surface area contributed by atoms with Crippen molar-refractivity contribution >= 4 is 52.0 Å². The van der Waals surface area contributed by atoms with Crippen LogP contribution in [0.2, 0.25) is 5.02 Å². The molecule has 0 aliphatic heterocycles. The van der Waals surface area contributed by atoms with Crippen LogP contribution in [0.4, 0.5) is 5.13 Å². The van der Waals surface area contributed by atoms with Gasteiger partial charge in [-0.05, 0) is 24.6 Å². The van der Waals surface area contributed by atoms with Gasteiger partial charge in [-0.15, -0.1) is 10.2 Å². The number of carbonyl (C=O) groups excluding carboxylic acids is 1. The lowest BCUT2D eigenvalue weighted by molar-refractivity contribution is -0.118. The Morgan fingerprint density at radius 2 is 2.29 bits per heavy atom. The molecule has 0 saturated carbocycles. The molecule has 1 amide bonds. The number of carbonyl (C=O) groups is 1. The molecule has 2 aromatic heterocycles. The molecule has 0 aliphatic rings. The first kappa shape index (κ1) is 20.2. The lowest BCUT2D eigenvalue weighted by Crippen LogP contribution is -2.19. The predicted molar refractivity (Wildman–Crippen MR) is 110 cm³/mol. The van der Waals surface area contributed by atoms with E-state index in [1.165, 1.54) is 29.3 Å². The van der Waals surface area contributed by atoms with Crippen LogP contribution < -0.4 is 15.9 Å². The molecule has 2 heterocycles. The third-order valence-corrected chi connectivity index (χ3v) is 5.68. The summed E-state index contributed by atoms with van der Waals surface area (Å²) < 4.78 is 11.7. The monoisotopic (exact) mass is 437 g/mol. The number of aryl methyl sites for hydroxylation is 1. The maximum absolute atomic E-state index is 11.8. The van der Waals surface area contributed by atoms with Crippen LogP contribution in [0.1, 0.15) is 16.9 Å². The van der Waals surface area contributed by atoms with Gasteiger partial charge in [0.1, 0.15) is 6.61 Å². The molecule has 0 aliphatic carbocycles. The van der Waals surface area contributed by atoms with Gasteiger partial charge in [0.15, 0.2) is 10.1 Å². The average Bonchev–Trinajstić information content (AvgIpc) is 3.28. The molecule has 146 valence electrons. The third kappa shape index (κ3) is 5.72. The summed E-state index contributed by atoms with van der Waals surface area (Å²) in [7, 11) is 0. The fraction of sp³-hybridized carbons (Fsp3) is 0.176. The summed E-state index contributed by atoms with van der Waals surface area (Å²) in [4.78, 5) is 11.8. The number of thioether (sulfide) groups is 1. The molecule has 1 aromatic carbocycles. The second kappa shape index (κ2) is 9.58.